The zero-order valence-electron chi connectivity index (χ0n) is 13.1. The number of hydrogen-bond acceptors (Lipinski definition) is 4. The van der Waals surface area contributed by atoms with Crippen LogP contribution in [0.2, 0.25) is 0 Å². The van der Waals surface area contributed by atoms with Gasteiger partial charge in [-0.25, -0.2) is 0 Å². The van der Waals surface area contributed by atoms with Crippen molar-refractivity contribution in [3.63, 3.8) is 0 Å². The fourth-order valence-corrected chi connectivity index (χ4v) is 2.81. The Morgan fingerprint density at radius 2 is 2.13 bits per heavy atom. The Hall–Kier alpha value is -2.40. The van der Waals surface area contributed by atoms with Crippen molar-refractivity contribution >= 4 is 11.6 Å². The Balaban J connectivity index is 1.68. The molecule has 2 aromatic rings. The number of pyridine rings is 1. The number of carbonyl (C=O) groups is 1. The molecule has 0 spiro atoms. The molecular weight excluding hydrogens is 288 g/mol. The number of rotatable bonds is 6. The minimum Gasteiger partial charge on any atom is -0.358 e. The van der Waals surface area contributed by atoms with Crippen LogP contribution in [0.5, 0.6) is 0 Å². The van der Waals surface area contributed by atoms with Crippen LogP contribution >= 0.6 is 0 Å². The quantitative estimate of drug-likeness (QED) is 0.850. The van der Waals surface area contributed by atoms with Crippen molar-refractivity contribution in [1.29, 1.82) is 0 Å². The molecule has 1 saturated heterocycles. The van der Waals surface area contributed by atoms with Crippen LogP contribution < -0.4 is 15.5 Å². The van der Waals surface area contributed by atoms with Gasteiger partial charge in [-0.05, 0) is 36.7 Å². The van der Waals surface area contributed by atoms with Gasteiger partial charge >= 0.3 is 0 Å². The van der Waals surface area contributed by atoms with Gasteiger partial charge in [-0.15, -0.1) is 0 Å². The molecule has 1 aliphatic heterocycles. The number of carbonyl (C=O) groups excluding carboxylic acids is 1. The summed E-state index contributed by atoms with van der Waals surface area (Å²) in [5, 5.41) is 6.37. The van der Waals surface area contributed by atoms with E-state index in [1.54, 1.807) is 6.20 Å². The van der Waals surface area contributed by atoms with E-state index >= 15 is 0 Å². The summed E-state index contributed by atoms with van der Waals surface area (Å²) in [5.41, 5.74) is 2.13. The van der Waals surface area contributed by atoms with Crippen LogP contribution in [0.3, 0.4) is 0 Å². The maximum absolute atomic E-state index is 12.4. The summed E-state index contributed by atoms with van der Waals surface area (Å²) in [4.78, 5) is 18.6. The molecule has 1 fully saturated rings. The molecule has 0 aliphatic carbocycles. The Bertz CT molecular complexity index is 611. The highest BCUT2D eigenvalue weighted by atomic mass is 16.2. The summed E-state index contributed by atoms with van der Waals surface area (Å²) < 4.78 is 0. The van der Waals surface area contributed by atoms with Gasteiger partial charge in [0.15, 0.2) is 0 Å². The number of amides is 1. The van der Waals surface area contributed by atoms with Crippen molar-refractivity contribution in [2.45, 2.75) is 19.0 Å². The molecule has 23 heavy (non-hydrogen) atoms. The van der Waals surface area contributed by atoms with E-state index in [9.17, 15) is 4.79 Å². The fourth-order valence-electron chi connectivity index (χ4n) is 2.81. The van der Waals surface area contributed by atoms with Gasteiger partial charge in [0.1, 0.15) is 0 Å². The van der Waals surface area contributed by atoms with Gasteiger partial charge in [-0.3, -0.25) is 9.78 Å². The van der Waals surface area contributed by atoms with Gasteiger partial charge < -0.3 is 15.5 Å². The minimum atomic E-state index is 0.0615. The van der Waals surface area contributed by atoms with E-state index in [1.165, 1.54) is 0 Å². The monoisotopic (exact) mass is 310 g/mol. The van der Waals surface area contributed by atoms with Gasteiger partial charge in [-0.2, -0.15) is 0 Å². The van der Waals surface area contributed by atoms with E-state index in [4.69, 9.17) is 0 Å². The van der Waals surface area contributed by atoms with Crippen molar-refractivity contribution in [1.82, 2.24) is 15.6 Å². The van der Waals surface area contributed by atoms with Crippen LogP contribution in [0.1, 0.15) is 12.0 Å². The molecule has 2 N–H and O–H groups in total. The average Bonchev–Trinajstić information content (AvgIpc) is 3.09. The van der Waals surface area contributed by atoms with Crippen molar-refractivity contribution < 1.29 is 4.79 Å². The molecule has 120 valence electrons. The van der Waals surface area contributed by atoms with Crippen molar-refractivity contribution in [2.24, 2.45) is 0 Å². The first-order chi connectivity index (χ1) is 11.3. The summed E-state index contributed by atoms with van der Waals surface area (Å²) in [7, 11) is 0. The summed E-state index contributed by atoms with van der Waals surface area (Å²) in [6, 6.07) is 14.2. The maximum Gasteiger partial charge on any atom is 0.239 e. The number of nitrogens with zero attached hydrogens (tertiary/aromatic N) is 2. The van der Waals surface area contributed by atoms with Gasteiger partial charge in [0.05, 0.1) is 6.54 Å². The van der Waals surface area contributed by atoms with Crippen LogP contribution in [0.25, 0.3) is 0 Å². The standard InChI is InChI=1S/C18H22N4O/c23-18(21-16-8-10-20-12-16)14-22(17-6-2-1-3-7-17)13-15-5-4-9-19-11-15/h1-7,9,11,16,20H,8,10,12-14H2,(H,21,23). The summed E-state index contributed by atoms with van der Waals surface area (Å²) >= 11 is 0. The summed E-state index contributed by atoms with van der Waals surface area (Å²) in [6.07, 6.45) is 4.60. The molecule has 3 rings (SSSR count). The first kappa shape index (κ1) is 15.5. The zero-order valence-corrected chi connectivity index (χ0v) is 13.1. The van der Waals surface area contributed by atoms with E-state index in [0.717, 1.165) is 30.8 Å². The first-order valence-corrected chi connectivity index (χ1v) is 8.00. The summed E-state index contributed by atoms with van der Waals surface area (Å²) in [6.45, 7) is 2.84. The molecule has 0 radical (unpaired) electrons. The van der Waals surface area contributed by atoms with E-state index < -0.39 is 0 Å². The third kappa shape index (κ3) is 4.53. The largest absolute Gasteiger partial charge is 0.358 e. The van der Waals surface area contributed by atoms with Crippen LogP contribution in [0, 0.1) is 0 Å². The predicted octanol–water partition coefficient (Wildman–Crippen LogP) is 1.57. The molecule has 1 aromatic carbocycles. The van der Waals surface area contributed by atoms with Crippen molar-refractivity contribution in [3.05, 3.63) is 60.4 Å². The molecule has 0 saturated carbocycles. The Morgan fingerprint density at radius 1 is 1.26 bits per heavy atom. The van der Waals surface area contributed by atoms with Crippen LogP contribution in [0.15, 0.2) is 54.9 Å². The molecule has 1 amide bonds. The van der Waals surface area contributed by atoms with Crippen molar-refractivity contribution in [2.75, 3.05) is 24.5 Å². The molecule has 1 aromatic heterocycles. The highest BCUT2D eigenvalue weighted by Gasteiger charge is 2.18. The van der Waals surface area contributed by atoms with Crippen LogP contribution in [-0.4, -0.2) is 36.6 Å². The number of hydrogen-bond donors (Lipinski definition) is 2. The number of nitrogens with one attached hydrogen (secondary N) is 2. The Kier molecular flexibility index (Phi) is 5.21. The maximum atomic E-state index is 12.4. The normalized spacial score (nSPS) is 17.0. The highest BCUT2D eigenvalue weighted by Crippen LogP contribution is 2.16. The number of benzene rings is 1. The molecule has 1 atom stereocenters. The lowest BCUT2D eigenvalue weighted by atomic mass is 10.2. The smallest absolute Gasteiger partial charge is 0.239 e. The van der Waals surface area contributed by atoms with E-state index in [-0.39, 0.29) is 11.9 Å². The first-order valence-electron chi connectivity index (χ1n) is 8.00. The van der Waals surface area contributed by atoms with E-state index in [0.29, 0.717) is 13.1 Å². The second-order valence-corrected chi connectivity index (χ2v) is 5.81. The number of para-hydroxylation sites is 1. The molecule has 5 nitrogen and oxygen atoms in total. The number of anilines is 1. The Morgan fingerprint density at radius 3 is 2.83 bits per heavy atom. The molecular formula is C18H22N4O. The fraction of sp³-hybridized carbons (Fsp3) is 0.333. The second-order valence-electron chi connectivity index (χ2n) is 5.81. The molecule has 1 unspecified atom stereocenters. The predicted molar refractivity (Wildman–Crippen MR) is 91.1 cm³/mol. The second kappa shape index (κ2) is 7.74. The SMILES string of the molecule is O=C(CN(Cc1cccnc1)c1ccccc1)NC1CCNC1. The van der Waals surface area contributed by atoms with Gasteiger partial charge in [-0.1, -0.05) is 24.3 Å². The third-order valence-corrected chi connectivity index (χ3v) is 3.98. The minimum absolute atomic E-state index is 0.0615. The van der Waals surface area contributed by atoms with E-state index in [2.05, 4.69) is 20.5 Å². The summed E-state index contributed by atoms with van der Waals surface area (Å²) in [5.74, 6) is 0.0615. The van der Waals surface area contributed by atoms with Gasteiger partial charge in [0.25, 0.3) is 0 Å². The molecule has 0 bridgehead atoms. The molecule has 2 heterocycles. The molecule has 5 heteroatoms. The third-order valence-electron chi connectivity index (χ3n) is 3.98. The Labute approximate surface area is 136 Å². The molecule has 1 aliphatic rings. The highest BCUT2D eigenvalue weighted by molar-refractivity contribution is 5.81. The van der Waals surface area contributed by atoms with Crippen molar-refractivity contribution in [3.8, 4) is 0 Å². The lowest BCUT2D eigenvalue weighted by molar-refractivity contribution is -0.120. The van der Waals surface area contributed by atoms with Gasteiger partial charge in [0, 0.05) is 37.2 Å². The zero-order chi connectivity index (χ0) is 15.9. The average molecular weight is 310 g/mol. The van der Waals surface area contributed by atoms with E-state index in [1.807, 2.05) is 48.7 Å². The van der Waals surface area contributed by atoms with Crippen LogP contribution in [-0.2, 0) is 11.3 Å². The van der Waals surface area contributed by atoms with Crippen LogP contribution in [0.4, 0.5) is 5.69 Å². The van der Waals surface area contributed by atoms with Gasteiger partial charge in [0.2, 0.25) is 5.91 Å². The lowest BCUT2D eigenvalue weighted by Gasteiger charge is -2.25. The topological polar surface area (TPSA) is 57.3 Å². The number of aromatic nitrogens is 1. The lowest BCUT2D eigenvalue weighted by Crippen LogP contribution is -2.42.